The molecule has 0 saturated heterocycles. The molecule has 0 aliphatic carbocycles. The standard InChI is InChI=1S/C16H15NO/c1-2-10-18-15-8-9-16(14(11-15)12-17)13-6-4-3-5-7-13/h3-9,11H,2,10H2,1H3. The summed E-state index contributed by atoms with van der Waals surface area (Å²) in [6, 6.07) is 17.8. The molecule has 18 heavy (non-hydrogen) atoms. The Morgan fingerprint density at radius 1 is 1.11 bits per heavy atom. The van der Waals surface area contributed by atoms with E-state index in [0.29, 0.717) is 12.2 Å². The first-order valence-corrected chi connectivity index (χ1v) is 6.07. The summed E-state index contributed by atoms with van der Waals surface area (Å²) in [6.07, 6.45) is 0.961. The Bertz CT molecular complexity index is 555. The number of rotatable bonds is 4. The van der Waals surface area contributed by atoms with Gasteiger partial charge in [-0.15, -0.1) is 0 Å². The highest BCUT2D eigenvalue weighted by Gasteiger charge is 2.06. The summed E-state index contributed by atoms with van der Waals surface area (Å²) >= 11 is 0. The molecule has 2 aromatic carbocycles. The first-order chi connectivity index (χ1) is 8.85. The zero-order chi connectivity index (χ0) is 12.8. The van der Waals surface area contributed by atoms with Gasteiger partial charge >= 0.3 is 0 Å². The van der Waals surface area contributed by atoms with E-state index in [0.717, 1.165) is 23.3 Å². The van der Waals surface area contributed by atoms with E-state index in [-0.39, 0.29) is 0 Å². The lowest BCUT2D eigenvalue weighted by molar-refractivity contribution is 0.317. The smallest absolute Gasteiger partial charge is 0.120 e. The van der Waals surface area contributed by atoms with Crippen LogP contribution >= 0.6 is 0 Å². The Morgan fingerprint density at radius 3 is 2.56 bits per heavy atom. The summed E-state index contributed by atoms with van der Waals surface area (Å²) in [5.74, 6) is 0.757. The van der Waals surface area contributed by atoms with Crippen molar-refractivity contribution in [3.63, 3.8) is 0 Å². The quantitative estimate of drug-likeness (QED) is 0.804. The summed E-state index contributed by atoms with van der Waals surface area (Å²) in [5, 5.41) is 9.22. The predicted octanol–water partition coefficient (Wildman–Crippen LogP) is 4.01. The van der Waals surface area contributed by atoms with Crippen molar-refractivity contribution in [2.75, 3.05) is 6.61 Å². The molecule has 0 aliphatic rings. The molecule has 2 nitrogen and oxygen atoms in total. The molecule has 0 spiro atoms. The van der Waals surface area contributed by atoms with Crippen molar-refractivity contribution in [3.8, 4) is 22.9 Å². The van der Waals surface area contributed by atoms with Gasteiger partial charge in [0.05, 0.1) is 18.2 Å². The van der Waals surface area contributed by atoms with Gasteiger partial charge in [0.2, 0.25) is 0 Å². The third kappa shape index (κ3) is 2.70. The van der Waals surface area contributed by atoms with Crippen LogP contribution in [0.15, 0.2) is 48.5 Å². The molecule has 0 radical (unpaired) electrons. The van der Waals surface area contributed by atoms with Crippen LogP contribution in [0.1, 0.15) is 18.9 Å². The maximum atomic E-state index is 9.22. The van der Waals surface area contributed by atoms with Gasteiger partial charge in [-0.25, -0.2) is 0 Å². The van der Waals surface area contributed by atoms with Crippen LogP contribution in [-0.2, 0) is 0 Å². The highest BCUT2D eigenvalue weighted by atomic mass is 16.5. The molecule has 0 fully saturated rings. The van der Waals surface area contributed by atoms with E-state index in [1.54, 1.807) is 6.07 Å². The number of nitrogens with zero attached hydrogens (tertiary/aromatic N) is 1. The second kappa shape index (κ2) is 5.88. The summed E-state index contributed by atoms with van der Waals surface area (Å²) in [5.41, 5.74) is 2.65. The maximum absolute atomic E-state index is 9.22. The van der Waals surface area contributed by atoms with Crippen LogP contribution in [0.4, 0.5) is 0 Å². The van der Waals surface area contributed by atoms with Gasteiger partial charge in [0.1, 0.15) is 5.75 Å². The van der Waals surface area contributed by atoms with Crippen molar-refractivity contribution in [2.45, 2.75) is 13.3 Å². The Kier molecular flexibility index (Phi) is 3.98. The first kappa shape index (κ1) is 12.2. The van der Waals surface area contributed by atoms with Gasteiger partial charge < -0.3 is 4.74 Å². The molecule has 0 aliphatic heterocycles. The van der Waals surface area contributed by atoms with E-state index >= 15 is 0 Å². The number of ether oxygens (including phenoxy) is 1. The van der Waals surface area contributed by atoms with E-state index in [1.165, 1.54) is 0 Å². The highest BCUT2D eigenvalue weighted by molar-refractivity contribution is 5.71. The molecule has 90 valence electrons. The molecule has 0 bridgehead atoms. The van der Waals surface area contributed by atoms with Crippen LogP contribution in [0.25, 0.3) is 11.1 Å². The predicted molar refractivity (Wildman–Crippen MR) is 72.4 cm³/mol. The fourth-order valence-corrected chi connectivity index (χ4v) is 1.79. The van der Waals surface area contributed by atoms with Crippen LogP contribution in [0.3, 0.4) is 0 Å². The number of nitriles is 1. The van der Waals surface area contributed by atoms with Gasteiger partial charge in [0.15, 0.2) is 0 Å². The van der Waals surface area contributed by atoms with Crippen molar-refractivity contribution in [3.05, 3.63) is 54.1 Å². The molecule has 0 N–H and O–H groups in total. The average Bonchev–Trinajstić information content (AvgIpc) is 2.45. The summed E-state index contributed by atoms with van der Waals surface area (Å²) in [7, 11) is 0. The number of hydrogen-bond donors (Lipinski definition) is 0. The lowest BCUT2D eigenvalue weighted by Crippen LogP contribution is -1.95. The third-order valence-corrected chi connectivity index (χ3v) is 2.67. The third-order valence-electron chi connectivity index (χ3n) is 2.67. The van der Waals surface area contributed by atoms with Crippen molar-refractivity contribution in [1.29, 1.82) is 5.26 Å². The molecule has 0 heterocycles. The van der Waals surface area contributed by atoms with Crippen molar-refractivity contribution in [1.82, 2.24) is 0 Å². The SMILES string of the molecule is CCCOc1ccc(-c2ccccc2)c(C#N)c1. The van der Waals surface area contributed by atoms with Crippen molar-refractivity contribution >= 4 is 0 Å². The summed E-state index contributed by atoms with van der Waals surface area (Å²) < 4.78 is 5.54. The van der Waals surface area contributed by atoms with Gasteiger partial charge in [-0.05, 0) is 35.7 Å². The Morgan fingerprint density at radius 2 is 1.89 bits per heavy atom. The van der Waals surface area contributed by atoms with E-state index in [2.05, 4.69) is 13.0 Å². The fourth-order valence-electron chi connectivity index (χ4n) is 1.79. The fraction of sp³-hybridized carbons (Fsp3) is 0.188. The lowest BCUT2D eigenvalue weighted by atomic mass is 10.0. The lowest BCUT2D eigenvalue weighted by Gasteiger charge is -2.08. The monoisotopic (exact) mass is 237 g/mol. The minimum atomic E-state index is 0.648. The minimum absolute atomic E-state index is 0.648. The molecule has 0 aromatic heterocycles. The van der Waals surface area contributed by atoms with E-state index < -0.39 is 0 Å². The number of benzene rings is 2. The zero-order valence-electron chi connectivity index (χ0n) is 10.4. The average molecular weight is 237 g/mol. The molecule has 2 rings (SSSR count). The normalized spacial score (nSPS) is 9.78. The highest BCUT2D eigenvalue weighted by Crippen LogP contribution is 2.26. The van der Waals surface area contributed by atoms with Crippen LogP contribution < -0.4 is 4.74 Å². The van der Waals surface area contributed by atoms with Crippen LogP contribution in [-0.4, -0.2) is 6.61 Å². The van der Waals surface area contributed by atoms with Gasteiger partial charge in [0, 0.05) is 0 Å². The Hall–Kier alpha value is -2.27. The molecule has 2 aromatic rings. The molecule has 0 atom stereocenters. The van der Waals surface area contributed by atoms with Crippen molar-refractivity contribution < 1.29 is 4.74 Å². The maximum Gasteiger partial charge on any atom is 0.120 e. The van der Waals surface area contributed by atoms with E-state index in [4.69, 9.17) is 4.74 Å². The summed E-state index contributed by atoms with van der Waals surface area (Å²) in [4.78, 5) is 0. The zero-order valence-corrected chi connectivity index (χ0v) is 10.4. The van der Waals surface area contributed by atoms with E-state index in [1.807, 2.05) is 42.5 Å². The van der Waals surface area contributed by atoms with Gasteiger partial charge in [0.25, 0.3) is 0 Å². The van der Waals surface area contributed by atoms with Crippen LogP contribution in [0.2, 0.25) is 0 Å². The Labute approximate surface area is 107 Å². The topological polar surface area (TPSA) is 33.0 Å². The molecule has 2 heteroatoms. The molecule has 0 amide bonds. The molecular weight excluding hydrogens is 222 g/mol. The molecule has 0 saturated carbocycles. The molecule has 0 unspecified atom stereocenters. The van der Waals surface area contributed by atoms with Gasteiger partial charge in [-0.2, -0.15) is 5.26 Å². The van der Waals surface area contributed by atoms with Crippen molar-refractivity contribution in [2.24, 2.45) is 0 Å². The number of hydrogen-bond acceptors (Lipinski definition) is 2. The minimum Gasteiger partial charge on any atom is -0.494 e. The Balaban J connectivity index is 2.36. The van der Waals surface area contributed by atoms with Gasteiger partial charge in [-0.3, -0.25) is 0 Å². The van der Waals surface area contributed by atoms with Crippen LogP contribution in [0.5, 0.6) is 5.75 Å². The van der Waals surface area contributed by atoms with E-state index in [9.17, 15) is 5.26 Å². The second-order valence-electron chi connectivity index (χ2n) is 4.03. The largest absolute Gasteiger partial charge is 0.494 e. The molecular formula is C16H15NO. The second-order valence-corrected chi connectivity index (χ2v) is 4.03. The van der Waals surface area contributed by atoms with Gasteiger partial charge in [-0.1, -0.05) is 37.3 Å². The first-order valence-electron chi connectivity index (χ1n) is 6.07. The van der Waals surface area contributed by atoms with Crippen LogP contribution in [0, 0.1) is 11.3 Å². The summed E-state index contributed by atoms with van der Waals surface area (Å²) in [6.45, 7) is 2.74.